The number of hydrogen-bond donors (Lipinski definition) is 2. The number of benzene rings is 2. The van der Waals surface area contributed by atoms with Crippen molar-refractivity contribution in [3.05, 3.63) is 58.1 Å². The predicted molar refractivity (Wildman–Crippen MR) is 176 cm³/mol. The highest BCUT2D eigenvalue weighted by Crippen LogP contribution is 2.48. The van der Waals surface area contributed by atoms with Crippen LogP contribution in [-0.4, -0.2) is 50.0 Å². The number of anilines is 1. The molecule has 3 aliphatic rings. The van der Waals surface area contributed by atoms with Crippen molar-refractivity contribution in [2.24, 2.45) is 11.8 Å². The van der Waals surface area contributed by atoms with E-state index in [0.717, 1.165) is 55.7 Å². The molecule has 1 aliphatic heterocycles. The highest BCUT2D eigenvalue weighted by atomic mass is 35.5. The molecular weight excluding hydrogens is 596 g/mol. The lowest BCUT2D eigenvalue weighted by atomic mass is 9.63. The molecule has 2 N–H and O–H groups in total. The zero-order valence-electron chi connectivity index (χ0n) is 26.3. The van der Waals surface area contributed by atoms with Gasteiger partial charge in [0, 0.05) is 35.0 Å². The summed E-state index contributed by atoms with van der Waals surface area (Å²) in [5.74, 6) is 6.40. The zero-order valence-corrected chi connectivity index (χ0v) is 27.9. The Morgan fingerprint density at radius 3 is 2.73 bits per heavy atom. The summed E-state index contributed by atoms with van der Waals surface area (Å²) < 4.78 is 33.8. The van der Waals surface area contributed by atoms with Crippen molar-refractivity contribution in [2.45, 2.75) is 95.3 Å². The number of ether oxygens (including phenoxy) is 1. The fourth-order valence-electron chi connectivity index (χ4n) is 7.26. The molecule has 5 rings (SSSR count). The molecule has 2 aromatic rings. The number of carbonyl (C=O) groups excluding carboxylic acids is 1. The van der Waals surface area contributed by atoms with Gasteiger partial charge in [-0.2, -0.15) is 0 Å². The van der Waals surface area contributed by atoms with Crippen LogP contribution in [0.15, 0.2) is 36.4 Å². The van der Waals surface area contributed by atoms with Gasteiger partial charge >= 0.3 is 0 Å². The number of nitrogens with one attached hydrogen (secondary N) is 1. The molecule has 0 saturated heterocycles. The third-order valence-corrected chi connectivity index (χ3v) is 11.8. The predicted octanol–water partition coefficient (Wildman–Crippen LogP) is 6.25. The molecule has 0 radical (unpaired) electrons. The molecule has 0 bridgehead atoms. The Bertz CT molecular complexity index is 1560. The number of carbonyl (C=O) groups is 1. The van der Waals surface area contributed by atoms with E-state index in [2.05, 4.69) is 40.5 Å². The normalized spacial score (nSPS) is 24.1. The van der Waals surface area contributed by atoms with E-state index in [1.165, 1.54) is 25.0 Å². The molecule has 1 spiro atoms. The molecular formula is C35H45ClN2O5S. The first kappa shape index (κ1) is 32.7. The maximum absolute atomic E-state index is 13.2. The van der Waals surface area contributed by atoms with Crippen LogP contribution in [0.3, 0.4) is 0 Å². The van der Waals surface area contributed by atoms with Crippen LogP contribution in [0, 0.1) is 23.7 Å². The molecule has 1 saturated carbocycles. The molecule has 1 heterocycles. The minimum atomic E-state index is -3.79. The van der Waals surface area contributed by atoms with Gasteiger partial charge in [-0.15, -0.1) is 5.92 Å². The van der Waals surface area contributed by atoms with Gasteiger partial charge in [-0.1, -0.05) is 36.9 Å². The lowest BCUT2D eigenvalue weighted by Crippen LogP contribution is -2.52. The number of fused-ring (bicyclic) bond motifs is 3. The number of rotatable bonds is 9. The SMILES string of the molecule is CC#C[C@](O)(CCCC)[C@@H]1CC[C@H]1CN1C[C@@]2(CCCc3cc(Cl)ccc32)COc2ccc(C(=O)NS(=O)(=O)C(C)C)cc21. The maximum Gasteiger partial charge on any atom is 0.264 e. The molecule has 238 valence electrons. The van der Waals surface area contributed by atoms with Gasteiger partial charge in [-0.25, -0.2) is 13.1 Å². The lowest BCUT2D eigenvalue weighted by molar-refractivity contribution is -0.0442. The van der Waals surface area contributed by atoms with Crippen molar-refractivity contribution in [1.29, 1.82) is 0 Å². The summed E-state index contributed by atoms with van der Waals surface area (Å²) in [6.07, 6.45) is 7.36. The summed E-state index contributed by atoms with van der Waals surface area (Å²) in [7, 11) is -3.79. The number of unbranched alkanes of at least 4 members (excludes halogenated alkanes) is 1. The van der Waals surface area contributed by atoms with Gasteiger partial charge in [0.25, 0.3) is 5.91 Å². The second-order valence-electron chi connectivity index (χ2n) is 13.2. The lowest BCUT2D eigenvalue weighted by Gasteiger charge is -2.48. The van der Waals surface area contributed by atoms with Crippen LogP contribution in [-0.2, 0) is 21.9 Å². The van der Waals surface area contributed by atoms with E-state index >= 15 is 0 Å². The minimum absolute atomic E-state index is 0.0465. The average Bonchev–Trinajstić information content (AvgIpc) is 3.11. The summed E-state index contributed by atoms with van der Waals surface area (Å²) in [5.41, 5.74) is 2.19. The van der Waals surface area contributed by atoms with E-state index in [4.69, 9.17) is 16.3 Å². The number of hydrogen-bond acceptors (Lipinski definition) is 6. The summed E-state index contributed by atoms with van der Waals surface area (Å²) >= 11 is 6.41. The van der Waals surface area contributed by atoms with Crippen LogP contribution in [0.25, 0.3) is 0 Å². The van der Waals surface area contributed by atoms with Gasteiger partial charge in [0.15, 0.2) is 0 Å². The summed E-state index contributed by atoms with van der Waals surface area (Å²) in [6, 6.07) is 11.3. The molecule has 1 amide bonds. The van der Waals surface area contributed by atoms with E-state index in [-0.39, 0.29) is 22.8 Å². The number of aliphatic hydroxyl groups is 1. The molecule has 2 aromatic carbocycles. The molecule has 2 aliphatic carbocycles. The van der Waals surface area contributed by atoms with Crippen LogP contribution in [0.1, 0.15) is 94.1 Å². The number of amides is 1. The third kappa shape index (κ3) is 6.47. The van der Waals surface area contributed by atoms with Crippen molar-refractivity contribution in [3.8, 4) is 17.6 Å². The van der Waals surface area contributed by atoms with Crippen LogP contribution in [0.5, 0.6) is 5.75 Å². The fourth-order valence-corrected chi connectivity index (χ4v) is 8.07. The first-order chi connectivity index (χ1) is 20.9. The topological polar surface area (TPSA) is 95.9 Å². The Hall–Kier alpha value is -2.73. The number of halogens is 1. The van der Waals surface area contributed by atoms with Gasteiger partial charge < -0.3 is 14.7 Å². The minimum Gasteiger partial charge on any atom is -0.490 e. The van der Waals surface area contributed by atoms with E-state index < -0.39 is 26.8 Å². The molecule has 44 heavy (non-hydrogen) atoms. The second kappa shape index (κ2) is 12.9. The van der Waals surface area contributed by atoms with Crippen LogP contribution < -0.4 is 14.4 Å². The second-order valence-corrected chi connectivity index (χ2v) is 15.8. The highest BCUT2D eigenvalue weighted by Gasteiger charge is 2.48. The van der Waals surface area contributed by atoms with Crippen molar-refractivity contribution in [3.63, 3.8) is 0 Å². The van der Waals surface area contributed by atoms with E-state index in [9.17, 15) is 18.3 Å². The third-order valence-electron chi connectivity index (χ3n) is 9.89. The Balaban J connectivity index is 1.53. The van der Waals surface area contributed by atoms with Crippen LogP contribution in [0.4, 0.5) is 5.69 Å². The maximum atomic E-state index is 13.2. The molecule has 1 fully saturated rings. The van der Waals surface area contributed by atoms with E-state index in [1.807, 2.05) is 6.07 Å². The van der Waals surface area contributed by atoms with Crippen LogP contribution >= 0.6 is 11.6 Å². The monoisotopic (exact) mass is 640 g/mol. The van der Waals surface area contributed by atoms with Gasteiger partial charge in [0.05, 0.1) is 17.5 Å². The quantitative estimate of drug-likeness (QED) is 0.315. The van der Waals surface area contributed by atoms with Crippen molar-refractivity contribution in [1.82, 2.24) is 4.72 Å². The van der Waals surface area contributed by atoms with E-state index in [1.54, 1.807) is 25.1 Å². The number of aryl methyl sites for hydroxylation is 1. The summed E-state index contributed by atoms with van der Waals surface area (Å²) in [4.78, 5) is 15.5. The largest absolute Gasteiger partial charge is 0.490 e. The molecule has 4 atom stereocenters. The molecule has 0 aromatic heterocycles. The van der Waals surface area contributed by atoms with Crippen molar-refractivity contribution < 1.29 is 23.1 Å². The number of sulfonamides is 1. The van der Waals surface area contributed by atoms with Gasteiger partial charge in [-0.05, 0) is 113 Å². The first-order valence-electron chi connectivity index (χ1n) is 15.9. The average molecular weight is 641 g/mol. The van der Waals surface area contributed by atoms with E-state index in [0.29, 0.717) is 31.9 Å². The standard InChI is InChI=1S/C35H45ClN2O5S/c1-5-7-18-35(40,16-6-2)30-13-10-27(30)21-38-22-34(17-8-9-25-19-28(36)12-14-29(25)34)23-43-32-15-11-26(20-31(32)38)33(39)37-44(41,42)24(3)4/h11-12,14-15,19-20,24,27,30,40H,5,7-10,13,17-18,21-23H2,1-4H3,(H,37,39)/t27-,30+,34-,35-/m0/s1. The molecule has 7 nitrogen and oxygen atoms in total. The Morgan fingerprint density at radius 2 is 2.05 bits per heavy atom. The summed E-state index contributed by atoms with van der Waals surface area (Å²) in [6.45, 7) is 8.80. The Kier molecular flexibility index (Phi) is 9.61. The van der Waals surface area contributed by atoms with Crippen molar-refractivity contribution >= 4 is 33.2 Å². The zero-order chi connectivity index (χ0) is 31.7. The van der Waals surface area contributed by atoms with Crippen LogP contribution in [0.2, 0.25) is 5.02 Å². The molecule has 0 unspecified atom stereocenters. The van der Waals surface area contributed by atoms with Gasteiger partial charge in [-0.3, -0.25) is 4.79 Å². The number of nitrogens with zero attached hydrogens (tertiary/aromatic N) is 1. The summed E-state index contributed by atoms with van der Waals surface area (Å²) in [5, 5.41) is 11.7. The van der Waals surface area contributed by atoms with Gasteiger partial charge in [0.1, 0.15) is 11.4 Å². The Morgan fingerprint density at radius 1 is 1.25 bits per heavy atom. The smallest absolute Gasteiger partial charge is 0.264 e. The fraction of sp³-hybridized carbons (Fsp3) is 0.571. The van der Waals surface area contributed by atoms with Gasteiger partial charge in [0.2, 0.25) is 10.0 Å². The first-order valence-corrected chi connectivity index (χ1v) is 17.9. The Labute approximate surface area is 267 Å². The highest BCUT2D eigenvalue weighted by molar-refractivity contribution is 7.90. The molecule has 9 heteroatoms. The van der Waals surface area contributed by atoms with Crippen molar-refractivity contribution in [2.75, 3.05) is 24.6 Å².